The van der Waals surface area contributed by atoms with Crippen LogP contribution in [0.3, 0.4) is 0 Å². The predicted octanol–water partition coefficient (Wildman–Crippen LogP) is 5.47. The summed E-state index contributed by atoms with van der Waals surface area (Å²) in [5.41, 5.74) is 2.72. The Kier molecular flexibility index (Phi) is 8.64. The third kappa shape index (κ3) is 6.14. The lowest BCUT2D eigenvalue weighted by molar-refractivity contribution is -0.140. The third-order valence-electron chi connectivity index (χ3n) is 8.74. The first kappa shape index (κ1) is 31.1. The number of hydrogen-bond acceptors (Lipinski definition) is 9. The van der Waals surface area contributed by atoms with E-state index in [1.165, 1.54) is 21.1 Å². The van der Waals surface area contributed by atoms with Gasteiger partial charge in [-0.05, 0) is 73.7 Å². The van der Waals surface area contributed by atoms with Gasteiger partial charge in [0.25, 0.3) is 11.7 Å². The van der Waals surface area contributed by atoms with Crippen LogP contribution >= 0.6 is 11.3 Å². The van der Waals surface area contributed by atoms with Gasteiger partial charge in [-0.2, -0.15) is 0 Å². The second-order valence-corrected chi connectivity index (χ2v) is 12.6. The minimum absolute atomic E-state index is 0.0245. The Balaban J connectivity index is 1.23. The maximum atomic E-state index is 14.5. The zero-order valence-corrected chi connectivity index (χ0v) is 26.9. The smallest absolute Gasteiger partial charge is 0.299 e. The molecular weight excluding hydrogens is 632 g/mol. The Morgan fingerprint density at radius 1 is 1.06 bits per heavy atom. The molecular formula is C36H32N4O7S. The van der Waals surface area contributed by atoms with Crippen molar-refractivity contribution in [3.63, 3.8) is 0 Å². The van der Waals surface area contributed by atoms with Gasteiger partial charge in [-0.1, -0.05) is 24.3 Å². The van der Waals surface area contributed by atoms with Gasteiger partial charge in [0.1, 0.15) is 23.3 Å². The normalized spacial score (nSPS) is 16.9. The van der Waals surface area contributed by atoms with Crippen LogP contribution in [0.2, 0.25) is 0 Å². The zero-order chi connectivity index (χ0) is 33.2. The molecule has 0 bridgehead atoms. The minimum Gasteiger partial charge on any atom is -0.497 e. The number of carbonyl (C=O) groups is 4. The monoisotopic (exact) mass is 664 g/mol. The number of carbonyl (C=O) groups excluding carboxylic acids is 4. The van der Waals surface area contributed by atoms with Gasteiger partial charge in [-0.3, -0.25) is 24.1 Å². The van der Waals surface area contributed by atoms with E-state index in [-0.39, 0.29) is 30.7 Å². The number of rotatable bonds is 10. The molecule has 12 heteroatoms. The molecule has 4 aromatic rings. The summed E-state index contributed by atoms with van der Waals surface area (Å²) < 4.78 is 16.2. The first-order chi connectivity index (χ1) is 23.4. The van der Waals surface area contributed by atoms with Gasteiger partial charge < -0.3 is 24.4 Å². The molecule has 0 radical (unpaired) electrons. The van der Waals surface area contributed by atoms with E-state index in [2.05, 4.69) is 11.4 Å². The molecule has 244 valence electrons. The Bertz CT molecular complexity index is 1920. The van der Waals surface area contributed by atoms with Crippen LogP contribution in [-0.4, -0.2) is 59.9 Å². The topological polar surface area (TPSA) is 127 Å². The molecule has 11 nitrogen and oxygen atoms in total. The van der Waals surface area contributed by atoms with E-state index in [9.17, 15) is 19.2 Å². The Hall–Kier alpha value is -5.49. The lowest BCUT2D eigenvalue weighted by atomic mass is 9.86. The van der Waals surface area contributed by atoms with E-state index in [4.69, 9.17) is 19.2 Å². The fourth-order valence-electron chi connectivity index (χ4n) is 6.30. The first-order valence-corrected chi connectivity index (χ1v) is 16.5. The molecule has 3 heterocycles. The van der Waals surface area contributed by atoms with Gasteiger partial charge in [-0.15, -0.1) is 11.3 Å². The summed E-state index contributed by atoms with van der Waals surface area (Å²) in [4.78, 5) is 62.2. The van der Waals surface area contributed by atoms with Crippen molar-refractivity contribution in [1.29, 1.82) is 0 Å². The Labute approximate surface area is 280 Å². The van der Waals surface area contributed by atoms with Crippen LogP contribution < -0.4 is 24.4 Å². The molecule has 7 rings (SSSR count). The van der Waals surface area contributed by atoms with Gasteiger partial charge in [0, 0.05) is 22.7 Å². The SMILES string of the molecule is COc1ccc(-c2csc(CN(C(=O)CN3C(=O)C(=O)c4ccccc43)C(C(=O)Nc3ccc4c(c3)OCO4)C3CC=CCC3)n2)cc1. The molecule has 3 aromatic carbocycles. The molecule has 3 aliphatic rings. The second kappa shape index (κ2) is 13.3. The number of benzene rings is 3. The summed E-state index contributed by atoms with van der Waals surface area (Å²) in [5.74, 6) is -0.681. The minimum atomic E-state index is -0.912. The summed E-state index contributed by atoms with van der Waals surface area (Å²) in [6.07, 6.45) is 6.12. The average molecular weight is 665 g/mol. The number of nitrogens with zero attached hydrogens (tertiary/aromatic N) is 3. The van der Waals surface area contributed by atoms with Crippen molar-refractivity contribution in [2.24, 2.45) is 5.92 Å². The standard InChI is InChI=1S/C36H32N4O7S/c1-45-25-14-11-22(12-15-25)27-20-48-31(38-27)18-40(32(41)19-39-28-10-6-5-9-26(28)34(42)36(39)44)33(23-7-3-2-4-8-23)35(43)37-24-13-16-29-30(17-24)47-21-46-29/h2-3,5-6,9-17,20,23,33H,4,7-8,18-19,21H2,1H3,(H,37,43). The van der Waals surface area contributed by atoms with Crippen molar-refractivity contribution in [1.82, 2.24) is 9.88 Å². The number of para-hydroxylation sites is 1. The number of aromatic nitrogens is 1. The number of ether oxygens (including phenoxy) is 3. The van der Waals surface area contributed by atoms with Crippen molar-refractivity contribution >= 4 is 46.2 Å². The van der Waals surface area contributed by atoms with Crippen LogP contribution in [0.4, 0.5) is 11.4 Å². The van der Waals surface area contributed by atoms with Crippen LogP contribution in [0.25, 0.3) is 11.3 Å². The van der Waals surface area contributed by atoms with Crippen molar-refractivity contribution in [2.75, 3.05) is 30.7 Å². The molecule has 2 aliphatic heterocycles. The van der Waals surface area contributed by atoms with E-state index in [0.717, 1.165) is 23.4 Å². The van der Waals surface area contributed by atoms with Crippen molar-refractivity contribution in [3.05, 3.63) is 94.8 Å². The van der Waals surface area contributed by atoms with Crippen LogP contribution in [0.15, 0.2) is 84.3 Å². The number of allylic oxidation sites excluding steroid dienone is 2. The number of fused-ring (bicyclic) bond motifs is 2. The van der Waals surface area contributed by atoms with Gasteiger partial charge in [0.2, 0.25) is 18.6 Å². The van der Waals surface area contributed by atoms with E-state index >= 15 is 0 Å². The number of ketones is 1. The molecule has 48 heavy (non-hydrogen) atoms. The van der Waals surface area contributed by atoms with Crippen LogP contribution in [0, 0.1) is 5.92 Å². The number of amides is 3. The van der Waals surface area contributed by atoms with Crippen LogP contribution in [0.5, 0.6) is 17.2 Å². The maximum Gasteiger partial charge on any atom is 0.299 e. The first-order valence-electron chi connectivity index (χ1n) is 15.6. The van der Waals surface area contributed by atoms with Crippen LogP contribution in [0.1, 0.15) is 34.6 Å². The number of hydrogen-bond donors (Lipinski definition) is 1. The Morgan fingerprint density at radius 3 is 2.67 bits per heavy atom. The molecule has 0 saturated carbocycles. The largest absolute Gasteiger partial charge is 0.497 e. The molecule has 0 saturated heterocycles. The lowest BCUT2D eigenvalue weighted by Gasteiger charge is -2.37. The second-order valence-electron chi connectivity index (χ2n) is 11.7. The predicted molar refractivity (Wildman–Crippen MR) is 179 cm³/mol. The van der Waals surface area contributed by atoms with E-state index in [1.807, 2.05) is 35.7 Å². The molecule has 2 unspecified atom stereocenters. The summed E-state index contributed by atoms with van der Waals surface area (Å²) in [6.45, 7) is -0.287. The fourth-order valence-corrected chi connectivity index (χ4v) is 7.10. The van der Waals surface area contributed by atoms with Gasteiger partial charge in [0.15, 0.2) is 11.5 Å². The molecule has 0 spiro atoms. The highest BCUT2D eigenvalue weighted by atomic mass is 32.1. The summed E-state index contributed by atoms with van der Waals surface area (Å²) in [6, 6.07) is 18.4. The van der Waals surface area contributed by atoms with Crippen LogP contribution in [-0.2, 0) is 20.9 Å². The molecule has 1 aromatic heterocycles. The van der Waals surface area contributed by atoms with Crippen molar-refractivity contribution < 1.29 is 33.4 Å². The number of Topliss-reactive ketones (excluding diaryl/α,β-unsaturated/α-hetero) is 1. The number of nitrogens with one attached hydrogen (secondary N) is 1. The lowest BCUT2D eigenvalue weighted by Crippen LogP contribution is -2.54. The van der Waals surface area contributed by atoms with Crippen molar-refractivity contribution in [2.45, 2.75) is 31.8 Å². The van der Waals surface area contributed by atoms with E-state index in [1.54, 1.807) is 49.6 Å². The molecule has 1 aliphatic carbocycles. The number of methoxy groups -OCH3 is 1. The van der Waals surface area contributed by atoms with E-state index in [0.29, 0.717) is 40.7 Å². The molecule has 1 N–H and O–H groups in total. The summed E-state index contributed by atoms with van der Waals surface area (Å²) in [7, 11) is 1.60. The molecule has 3 amide bonds. The highest BCUT2D eigenvalue weighted by Crippen LogP contribution is 2.36. The molecule has 0 fully saturated rings. The van der Waals surface area contributed by atoms with Gasteiger partial charge in [0.05, 0.1) is 30.6 Å². The summed E-state index contributed by atoms with van der Waals surface area (Å²) >= 11 is 1.38. The zero-order valence-electron chi connectivity index (χ0n) is 26.1. The number of anilines is 2. The maximum absolute atomic E-state index is 14.5. The fraction of sp³-hybridized carbons (Fsp3) is 0.250. The highest BCUT2D eigenvalue weighted by molar-refractivity contribution is 7.09. The quantitative estimate of drug-likeness (QED) is 0.175. The summed E-state index contributed by atoms with van der Waals surface area (Å²) in [5, 5.41) is 5.52. The van der Waals surface area contributed by atoms with Crippen molar-refractivity contribution in [3.8, 4) is 28.5 Å². The van der Waals surface area contributed by atoms with E-state index < -0.39 is 30.2 Å². The Morgan fingerprint density at radius 2 is 1.88 bits per heavy atom. The van der Waals surface area contributed by atoms with Gasteiger partial charge in [-0.25, -0.2) is 4.98 Å². The number of thiazole rings is 1. The third-order valence-corrected chi connectivity index (χ3v) is 9.57. The highest BCUT2D eigenvalue weighted by Gasteiger charge is 2.41. The average Bonchev–Trinajstić information content (AvgIpc) is 3.84. The van der Waals surface area contributed by atoms with Gasteiger partial charge >= 0.3 is 0 Å². The molecule has 2 atom stereocenters.